The molecule has 1 amide bonds. The fourth-order valence-electron chi connectivity index (χ4n) is 2.05. The molecule has 0 aliphatic rings. The number of hydrogen-bond acceptors (Lipinski definition) is 4. The van der Waals surface area contributed by atoms with E-state index in [0.29, 0.717) is 17.1 Å². The number of ether oxygens (including phenoxy) is 1. The van der Waals surface area contributed by atoms with Crippen molar-refractivity contribution in [1.29, 1.82) is 0 Å². The van der Waals surface area contributed by atoms with Crippen molar-refractivity contribution in [2.45, 2.75) is 6.92 Å². The second-order valence-electron chi connectivity index (χ2n) is 4.70. The van der Waals surface area contributed by atoms with Gasteiger partial charge in [-0.3, -0.25) is 4.79 Å². The van der Waals surface area contributed by atoms with E-state index in [0.717, 1.165) is 11.4 Å². The molecule has 1 heterocycles. The number of pyridine rings is 1. The third-order valence-corrected chi connectivity index (χ3v) is 3.20. The van der Waals surface area contributed by atoms with Crippen molar-refractivity contribution in [2.24, 2.45) is 0 Å². The Morgan fingerprint density at radius 2 is 2.05 bits per heavy atom. The number of aromatic nitrogens is 1. The van der Waals surface area contributed by atoms with Gasteiger partial charge in [0.2, 0.25) is 0 Å². The Morgan fingerprint density at radius 3 is 2.71 bits per heavy atom. The zero-order valence-electron chi connectivity index (χ0n) is 12.7. The van der Waals surface area contributed by atoms with Crippen molar-refractivity contribution in [1.82, 2.24) is 4.98 Å². The van der Waals surface area contributed by atoms with Gasteiger partial charge in [0.25, 0.3) is 5.91 Å². The average molecular weight is 285 g/mol. The SMILES string of the molecule is CNc1cc(C(=O)N(C)c2cccc(OC)c2)cc(C)n1. The lowest BCUT2D eigenvalue weighted by molar-refractivity contribution is 0.0993. The van der Waals surface area contributed by atoms with Crippen molar-refractivity contribution < 1.29 is 9.53 Å². The molecule has 21 heavy (non-hydrogen) atoms. The molecule has 2 aromatic rings. The van der Waals surface area contributed by atoms with Gasteiger partial charge in [-0.2, -0.15) is 0 Å². The van der Waals surface area contributed by atoms with Gasteiger partial charge in [-0.15, -0.1) is 0 Å². The molecule has 0 fully saturated rings. The van der Waals surface area contributed by atoms with Gasteiger partial charge in [-0.25, -0.2) is 4.98 Å². The maximum absolute atomic E-state index is 12.6. The Bertz CT molecular complexity index is 656. The van der Waals surface area contributed by atoms with E-state index in [1.165, 1.54) is 0 Å². The van der Waals surface area contributed by atoms with Crippen LogP contribution in [0, 0.1) is 6.92 Å². The highest BCUT2D eigenvalue weighted by Crippen LogP contribution is 2.22. The summed E-state index contributed by atoms with van der Waals surface area (Å²) < 4.78 is 5.19. The molecule has 0 saturated carbocycles. The maximum Gasteiger partial charge on any atom is 0.258 e. The minimum absolute atomic E-state index is 0.0924. The molecule has 0 spiro atoms. The van der Waals surface area contributed by atoms with Gasteiger partial charge >= 0.3 is 0 Å². The molecule has 0 aliphatic heterocycles. The maximum atomic E-state index is 12.6. The highest BCUT2D eigenvalue weighted by atomic mass is 16.5. The van der Waals surface area contributed by atoms with E-state index in [2.05, 4.69) is 10.3 Å². The molecule has 1 N–H and O–H groups in total. The Morgan fingerprint density at radius 1 is 1.29 bits per heavy atom. The fraction of sp³-hybridized carbons (Fsp3) is 0.250. The van der Waals surface area contributed by atoms with Crippen molar-refractivity contribution >= 4 is 17.4 Å². The summed E-state index contributed by atoms with van der Waals surface area (Å²) in [6.07, 6.45) is 0. The molecular formula is C16H19N3O2. The molecule has 5 nitrogen and oxygen atoms in total. The van der Waals surface area contributed by atoms with Crippen LogP contribution >= 0.6 is 0 Å². The van der Waals surface area contributed by atoms with Crippen LogP contribution in [0.25, 0.3) is 0 Å². The van der Waals surface area contributed by atoms with Gasteiger partial charge < -0.3 is 15.0 Å². The molecule has 5 heteroatoms. The van der Waals surface area contributed by atoms with Crippen LogP contribution in [-0.4, -0.2) is 32.1 Å². The van der Waals surface area contributed by atoms with Gasteiger partial charge in [0.05, 0.1) is 7.11 Å². The van der Waals surface area contributed by atoms with Gasteiger partial charge in [-0.05, 0) is 31.2 Å². The number of hydrogen-bond donors (Lipinski definition) is 1. The zero-order chi connectivity index (χ0) is 15.4. The minimum atomic E-state index is -0.0924. The highest BCUT2D eigenvalue weighted by molar-refractivity contribution is 6.06. The molecule has 110 valence electrons. The summed E-state index contributed by atoms with van der Waals surface area (Å²) in [5.41, 5.74) is 2.17. The Balaban J connectivity index is 2.32. The fourth-order valence-corrected chi connectivity index (χ4v) is 2.05. The molecule has 0 bridgehead atoms. The van der Waals surface area contributed by atoms with E-state index in [-0.39, 0.29) is 5.91 Å². The molecule has 1 aromatic heterocycles. The molecule has 2 rings (SSSR count). The Hall–Kier alpha value is -2.56. The van der Waals surface area contributed by atoms with Crippen molar-refractivity contribution in [3.8, 4) is 5.75 Å². The summed E-state index contributed by atoms with van der Waals surface area (Å²) in [6, 6.07) is 10.9. The normalized spacial score (nSPS) is 10.1. The van der Waals surface area contributed by atoms with Crippen molar-refractivity contribution in [3.05, 3.63) is 47.7 Å². The summed E-state index contributed by atoms with van der Waals surface area (Å²) in [5.74, 6) is 1.30. The van der Waals surface area contributed by atoms with Crippen LogP contribution in [0.1, 0.15) is 16.1 Å². The number of anilines is 2. The third kappa shape index (κ3) is 3.31. The van der Waals surface area contributed by atoms with E-state index >= 15 is 0 Å². The van der Waals surface area contributed by atoms with E-state index < -0.39 is 0 Å². The monoisotopic (exact) mass is 285 g/mol. The zero-order valence-corrected chi connectivity index (χ0v) is 12.7. The predicted molar refractivity (Wildman–Crippen MR) is 84.2 cm³/mol. The minimum Gasteiger partial charge on any atom is -0.497 e. The van der Waals surface area contributed by atoms with E-state index in [1.54, 1.807) is 38.2 Å². The van der Waals surface area contributed by atoms with Crippen LogP contribution in [0.15, 0.2) is 36.4 Å². The molecule has 0 aliphatic carbocycles. The number of aryl methyl sites for hydroxylation is 1. The summed E-state index contributed by atoms with van der Waals surface area (Å²) in [5, 5.41) is 2.96. The molecule has 0 unspecified atom stereocenters. The molecule has 0 atom stereocenters. The summed E-state index contributed by atoms with van der Waals surface area (Å²) >= 11 is 0. The van der Waals surface area contributed by atoms with Crippen LogP contribution in [0.4, 0.5) is 11.5 Å². The first-order valence-electron chi connectivity index (χ1n) is 6.63. The number of rotatable bonds is 4. The first-order valence-corrected chi connectivity index (χ1v) is 6.63. The Labute approximate surface area is 124 Å². The number of carbonyl (C=O) groups excluding carboxylic acids is 1. The summed E-state index contributed by atoms with van der Waals surface area (Å²) in [6.45, 7) is 1.86. The van der Waals surface area contributed by atoms with E-state index in [9.17, 15) is 4.79 Å². The number of benzene rings is 1. The second kappa shape index (κ2) is 6.26. The quantitative estimate of drug-likeness (QED) is 0.938. The first kappa shape index (κ1) is 14.8. The van der Waals surface area contributed by atoms with Crippen LogP contribution < -0.4 is 15.0 Å². The average Bonchev–Trinajstić information content (AvgIpc) is 2.52. The first-order chi connectivity index (χ1) is 10.0. The second-order valence-corrected chi connectivity index (χ2v) is 4.70. The van der Waals surface area contributed by atoms with Crippen molar-refractivity contribution in [3.63, 3.8) is 0 Å². The number of methoxy groups -OCH3 is 1. The lowest BCUT2D eigenvalue weighted by Crippen LogP contribution is -2.26. The van der Waals surface area contributed by atoms with Crippen LogP contribution in [0.3, 0.4) is 0 Å². The lowest BCUT2D eigenvalue weighted by Gasteiger charge is -2.18. The molecular weight excluding hydrogens is 266 g/mol. The van der Waals surface area contributed by atoms with Gasteiger partial charge in [-0.1, -0.05) is 6.07 Å². The predicted octanol–water partition coefficient (Wildman–Crippen LogP) is 2.72. The van der Waals surface area contributed by atoms with Crippen LogP contribution in [0.5, 0.6) is 5.75 Å². The summed E-state index contributed by atoms with van der Waals surface area (Å²) in [7, 11) is 5.13. The number of nitrogens with one attached hydrogen (secondary N) is 1. The molecule has 1 aromatic carbocycles. The van der Waals surface area contributed by atoms with Crippen molar-refractivity contribution in [2.75, 3.05) is 31.4 Å². The molecule has 0 saturated heterocycles. The van der Waals surface area contributed by atoms with E-state index in [1.807, 2.05) is 31.2 Å². The van der Waals surface area contributed by atoms with E-state index in [4.69, 9.17) is 4.74 Å². The smallest absolute Gasteiger partial charge is 0.258 e. The third-order valence-electron chi connectivity index (χ3n) is 3.20. The number of nitrogens with zero attached hydrogens (tertiary/aromatic N) is 2. The topological polar surface area (TPSA) is 54.5 Å². The number of carbonyl (C=O) groups is 1. The van der Waals surface area contributed by atoms with Gasteiger partial charge in [0.15, 0.2) is 0 Å². The Kier molecular flexibility index (Phi) is 4.42. The largest absolute Gasteiger partial charge is 0.497 e. The molecule has 0 radical (unpaired) electrons. The van der Waals surface area contributed by atoms with Gasteiger partial charge in [0.1, 0.15) is 11.6 Å². The lowest BCUT2D eigenvalue weighted by atomic mass is 10.2. The highest BCUT2D eigenvalue weighted by Gasteiger charge is 2.15. The van der Waals surface area contributed by atoms with Crippen LogP contribution in [0.2, 0.25) is 0 Å². The van der Waals surface area contributed by atoms with Gasteiger partial charge in [0, 0.05) is 37.1 Å². The standard InChI is InChI=1S/C16H19N3O2/c1-11-8-12(9-15(17-2)18-11)16(20)19(3)13-6-5-7-14(10-13)21-4/h5-10H,1-4H3,(H,17,18). The van der Waals surface area contributed by atoms with Crippen LogP contribution in [-0.2, 0) is 0 Å². The summed E-state index contributed by atoms with van der Waals surface area (Å²) in [4.78, 5) is 18.5. The number of amides is 1.